The van der Waals surface area contributed by atoms with Gasteiger partial charge in [0.15, 0.2) is 0 Å². The maximum atomic E-state index is 12.7. The molecule has 5 heteroatoms. The Morgan fingerprint density at radius 1 is 1.21 bits per heavy atom. The average Bonchev–Trinajstić information content (AvgIpc) is 2.96. The molecule has 4 nitrogen and oxygen atoms in total. The molecule has 1 saturated carbocycles. The lowest BCUT2D eigenvalue weighted by Gasteiger charge is -2.39. The smallest absolute Gasteiger partial charge is 0.316 e. The molecule has 1 aliphatic carbocycles. The number of benzene rings is 1. The lowest BCUT2D eigenvalue weighted by Crippen LogP contribution is -2.43. The van der Waals surface area contributed by atoms with Gasteiger partial charge in [-0.1, -0.05) is 36.2 Å². The maximum Gasteiger partial charge on any atom is 0.316 e. The molecule has 1 fully saturated rings. The lowest BCUT2D eigenvalue weighted by molar-refractivity contribution is -0.156. The van der Waals surface area contributed by atoms with Crippen LogP contribution in [0.2, 0.25) is 5.02 Å². The molecule has 0 spiro atoms. The summed E-state index contributed by atoms with van der Waals surface area (Å²) in [6.45, 7) is 0.190. The molecule has 0 bridgehead atoms. The molecule has 2 heterocycles. The zero-order valence-corrected chi connectivity index (χ0v) is 13.9. The summed E-state index contributed by atoms with van der Waals surface area (Å²) in [6, 6.07) is 13.3. The van der Waals surface area contributed by atoms with E-state index in [2.05, 4.69) is 4.98 Å². The summed E-state index contributed by atoms with van der Waals surface area (Å²) in [5.74, 6) is -0.173. The minimum Gasteiger partial charge on any atom is -0.458 e. The topological polar surface area (TPSA) is 43.6 Å². The van der Waals surface area contributed by atoms with E-state index in [0.717, 1.165) is 36.2 Å². The number of carbonyl (C=O) groups is 1. The van der Waals surface area contributed by atoms with E-state index in [4.69, 9.17) is 16.3 Å². The molecular formula is C19H17ClN2O2. The van der Waals surface area contributed by atoms with E-state index in [1.807, 2.05) is 59.3 Å². The van der Waals surface area contributed by atoms with Crippen LogP contribution in [0.15, 0.2) is 54.9 Å². The first-order chi connectivity index (χ1) is 11.7. The number of carbonyl (C=O) groups excluding carboxylic acids is 1. The quantitative estimate of drug-likeness (QED) is 0.670. The van der Waals surface area contributed by atoms with E-state index in [-0.39, 0.29) is 12.6 Å². The van der Waals surface area contributed by atoms with E-state index in [9.17, 15) is 4.79 Å². The number of hydrogen-bond acceptors (Lipinski definition) is 3. The predicted molar refractivity (Wildman–Crippen MR) is 92.0 cm³/mol. The number of esters is 1. The first kappa shape index (κ1) is 15.2. The van der Waals surface area contributed by atoms with E-state index < -0.39 is 5.41 Å². The highest BCUT2D eigenvalue weighted by atomic mass is 35.5. The van der Waals surface area contributed by atoms with Gasteiger partial charge < -0.3 is 9.14 Å². The van der Waals surface area contributed by atoms with Gasteiger partial charge in [-0.3, -0.25) is 4.79 Å². The fourth-order valence-corrected chi connectivity index (χ4v) is 3.37. The molecule has 0 atom stereocenters. The summed E-state index contributed by atoms with van der Waals surface area (Å²) in [5, 5.41) is 0.672. The number of rotatable bonds is 4. The van der Waals surface area contributed by atoms with Crippen molar-refractivity contribution in [3.8, 4) is 0 Å². The molecule has 0 aliphatic heterocycles. The highest BCUT2D eigenvalue weighted by molar-refractivity contribution is 6.30. The Balaban J connectivity index is 1.51. The Morgan fingerprint density at radius 3 is 2.67 bits per heavy atom. The van der Waals surface area contributed by atoms with Crippen LogP contribution in [0.1, 0.15) is 30.5 Å². The Labute approximate surface area is 145 Å². The average molecular weight is 341 g/mol. The van der Waals surface area contributed by atoms with E-state index in [0.29, 0.717) is 5.02 Å². The summed E-state index contributed by atoms with van der Waals surface area (Å²) < 4.78 is 7.52. The molecule has 3 aromatic rings. The van der Waals surface area contributed by atoms with Crippen molar-refractivity contribution in [1.29, 1.82) is 0 Å². The largest absolute Gasteiger partial charge is 0.458 e. The molecule has 24 heavy (non-hydrogen) atoms. The third kappa shape index (κ3) is 2.57. The van der Waals surface area contributed by atoms with Crippen molar-refractivity contribution in [2.45, 2.75) is 31.3 Å². The first-order valence-corrected chi connectivity index (χ1v) is 8.41. The van der Waals surface area contributed by atoms with Crippen LogP contribution in [0.25, 0.3) is 5.65 Å². The van der Waals surface area contributed by atoms with Crippen LogP contribution in [0, 0.1) is 0 Å². The van der Waals surface area contributed by atoms with Gasteiger partial charge in [-0.2, -0.15) is 0 Å². The Morgan fingerprint density at radius 2 is 2.00 bits per heavy atom. The van der Waals surface area contributed by atoms with Crippen LogP contribution < -0.4 is 0 Å². The van der Waals surface area contributed by atoms with Crippen molar-refractivity contribution in [1.82, 2.24) is 9.38 Å². The minimum absolute atomic E-state index is 0.173. The highest BCUT2D eigenvalue weighted by Gasteiger charge is 2.47. The normalized spacial score (nSPS) is 15.9. The van der Waals surface area contributed by atoms with Gasteiger partial charge in [-0.15, -0.1) is 0 Å². The lowest BCUT2D eigenvalue weighted by atomic mass is 9.64. The SMILES string of the molecule is O=C(OCc1cn2ccccc2n1)C1(c2ccc(Cl)cc2)CCC1. The summed E-state index contributed by atoms with van der Waals surface area (Å²) in [7, 11) is 0. The second-order valence-electron chi connectivity index (χ2n) is 6.22. The van der Waals surface area contributed by atoms with Crippen LogP contribution >= 0.6 is 11.6 Å². The van der Waals surface area contributed by atoms with Gasteiger partial charge in [0.1, 0.15) is 12.3 Å². The van der Waals surface area contributed by atoms with Gasteiger partial charge in [0, 0.05) is 17.4 Å². The molecule has 1 aliphatic rings. The number of pyridine rings is 1. The molecule has 1 aromatic carbocycles. The zero-order chi connectivity index (χ0) is 16.6. The van der Waals surface area contributed by atoms with Gasteiger partial charge in [-0.05, 0) is 42.7 Å². The van der Waals surface area contributed by atoms with Crippen LogP contribution in [-0.4, -0.2) is 15.4 Å². The van der Waals surface area contributed by atoms with Crippen LogP contribution in [0.5, 0.6) is 0 Å². The molecule has 0 unspecified atom stereocenters. The van der Waals surface area contributed by atoms with Crippen LogP contribution in [0.3, 0.4) is 0 Å². The summed E-state index contributed by atoms with van der Waals surface area (Å²) >= 11 is 5.96. The number of ether oxygens (including phenoxy) is 1. The van der Waals surface area contributed by atoms with Gasteiger partial charge in [0.25, 0.3) is 0 Å². The monoisotopic (exact) mass is 340 g/mol. The number of halogens is 1. The number of hydrogen-bond donors (Lipinski definition) is 0. The van der Waals surface area contributed by atoms with Gasteiger partial charge in [0.2, 0.25) is 0 Å². The van der Waals surface area contributed by atoms with Crippen molar-refractivity contribution < 1.29 is 9.53 Å². The Hall–Kier alpha value is -2.33. The van der Waals surface area contributed by atoms with Crippen LogP contribution in [0.4, 0.5) is 0 Å². The van der Waals surface area contributed by atoms with E-state index >= 15 is 0 Å². The fraction of sp³-hybridized carbons (Fsp3) is 0.263. The molecule has 0 N–H and O–H groups in total. The van der Waals surface area contributed by atoms with Gasteiger partial charge >= 0.3 is 5.97 Å². The zero-order valence-electron chi connectivity index (χ0n) is 13.1. The third-order valence-corrected chi connectivity index (χ3v) is 5.01. The van der Waals surface area contributed by atoms with Crippen molar-refractivity contribution in [2.75, 3.05) is 0 Å². The van der Waals surface area contributed by atoms with E-state index in [1.165, 1.54) is 0 Å². The second-order valence-corrected chi connectivity index (χ2v) is 6.65. The molecule has 0 amide bonds. The molecular weight excluding hydrogens is 324 g/mol. The fourth-order valence-electron chi connectivity index (χ4n) is 3.24. The Kier molecular flexibility index (Phi) is 3.77. The second kappa shape index (κ2) is 5.95. The predicted octanol–water partition coefficient (Wildman–Crippen LogP) is 4.15. The summed E-state index contributed by atoms with van der Waals surface area (Å²) in [4.78, 5) is 17.2. The first-order valence-electron chi connectivity index (χ1n) is 8.03. The van der Waals surface area contributed by atoms with Crippen molar-refractivity contribution in [3.05, 3.63) is 71.1 Å². The summed E-state index contributed by atoms with van der Waals surface area (Å²) in [5.41, 5.74) is 2.06. The minimum atomic E-state index is -0.524. The number of aromatic nitrogens is 2. The molecule has 2 aromatic heterocycles. The molecule has 122 valence electrons. The van der Waals surface area contributed by atoms with Crippen LogP contribution in [-0.2, 0) is 21.6 Å². The van der Waals surface area contributed by atoms with Gasteiger partial charge in [0.05, 0.1) is 11.1 Å². The maximum absolute atomic E-state index is 12.7. The number of imidazole rings is 1. The highest BCUT2D eigenvalue weighted by Crippen LogP contribution is 2.45. The number of fused-ring (bicyclic) bond motifs is 1. The molecule has 0 radical (unpaired) electrons. The van der Waals surface area contributed by atoms with Gasteiger partial charge in [-0.25, -0.2) is 4.98 Å². The standard InChI is InChI=1S/C19H17ClN2O2/c20-15-7-5-14(6-8-15)19(9-3-10-19)18(23)24-13-16-12-22-11-2-1-4-17(22)21-16/h1-2,4-8,11-12H,3,9-10,13H2. The van der Waals surface area contributed by atoms with Crippen molar-refractivity contribution in [3.63, 3.8) is 0 Å². The van der Waals surface area contributed by atoms with Crippen molar-refractivity contribution >= 4 is 23.2 Å². The summed E-state index contributed by atoms with van der Waals surface area (Å²) in [6.07, 6.45) is 6.48. The third-order valence-electron chi connectivity index (χ3n) is 4.76. The van der Waals surface area contributed by atoms with E-state index in [1.54, 1.807) is 0 Å². The molecule has 0 saturated heterocycles. The molecule has 4 rings (SSSR count). The number of nitrogens with zero attached hydrogens (tertiary/aromatic N) is 2. The van der Waals surface area contributed by atoms with Crippen molar-refractivity contribution in [2.24, 2.45) is 0 Å². The Bertz CT molecular complexity index is 849.